The first kappa shape index (κ1) is 23.8. The van der Waals surface area contributed by atoms with Crippen molar-refractivity contribution in [2.45, 2.75) is 57.0 Å². The lowest BCUT2D eigenvalue weighted by atomic mass is 9.95. The number of carbonyl (C=O) groups is 1. The molecule has 0 aromatic heterocycles. The summed E-state index contributed by atoms with van der Waals surface area (Å²) in [5, 5.41) is 0. The van der Waals surface area contributed by atoms with E-state index in [0.717, 1.165) is 5.56 Å². The van der Waals surface area contributed by atoms with E-state index in [-0.39, 0.29) is 22.8 Å². The van der Waals surface area contributed by atoms with Crippen molar-refractivity contribution >= 4 is 15.9 Å². The van der Waals surface area contributed by atoms with Crippen LogP contribution >= 0.6 is 0 Å². The minimum absolute atomic E-state index is 0.137. The monoisotopic (exact) mass is 470 g/mol. The maximum Gasteiger partial charge on any atom is 0.243 e. The minimum Gasteiger partial charge on any atom is -0.494 e. The quantitative estimate of drug-likeness (QED) is 0.548. The van der Waals surface area contributed by atoms with Gasteiger partial charge < -0.3 is 9.64 Å². The third-order valence-electron chi connectivity index (χ3n) is 6.85. The number of carbonyl (C=O) groups excluding carboxylic acids is 1. The highest BCUT2D eigenvalue weighted by Crippen LogP contribution is 2.37. The van der Waals surface area contributed by atoms with Gasteiger partial charge in [0, 0.05) is 31.6 Å². The second-order valence-corrected chi connectivity index (χ2v) is 11.1. The molecule has 0 bridgehead atoms. The first-order chi connectivity index (χ1) is 15.9. The number of amides is 1. The first-order valence-electron chi connectivity index (χ1n) is 12.0. The van der Waals surface area contributed by atoms with Gasteiger partial charge in [-0.25, -0.2) is 8.42 Å². The van der Waals surface area contributed by atoms with Crippen molar-refractivity contribution in [2.75, 3.05) is 19.7 Å². The Labute approximate surface area is 197 Å². The normalized spacial score (nSPS) is 18.6. The molecule has 1 unspecified atom stereocenters. The van der Waals surface area contributed by atoms with Crippen LogP contribution in [0.15, 0.2) is 59.5 Å². The number of rotatable bonds is 9. The van der Waals surface area contributed by atoms with Gasteiger partial charge in [0.05, 0.1) is 11.5 Å². The van der Waals surface area contributed by atoms with Gasteiger partial charge in [-0.1, -0.05) is 30.3 Å². The number of hydrogen-bond acceptors (Lipinski definition) is 4. The molecule has 1 amide bonds. The number of nitrogens with zero attached hydrogens (tertiary/aromatic N) is 2. The number of ether oxygens (including phenoxy) is 1. The van der Waals surface area contributed by atoms with Gasteiger partial charge in [-0.15, -0.1) is 0 Å². The summed E-state index contributed by atoms with van der Waals surface area (Å²) in [7, 11) is -3.58. The number of hydrogen-bond donors (Lipinski definition) is 0. The Morgan fingerprint density at radius 1 is 1.03 bits per heavy atom. The van der Waals surface area contributed by atoms with Crippen LogP contribution in [0.2, 0.25) is 0 Å². The van der Waals surface area contributed by atoms with Gasteiger partial charge in [-0.05, 0) is 75.3 Å². The predicted octanol–water partition coefficient (Wildman–Crippen LogP) is 4.31. The second-order valence-electron chi connectivity index (χ2n) is 9.11. The van der Waals surface area contributed by atoms with Gasteiger partial charge in [0.15, 0.2) is 0 Å². The Hall–Kier alpha value is -2.38. The third-order valence-corrected chi connectivity index (χ3v) is 8.76. The topological polar surface area (TPSA) is 66.9 Å². The molecule has 0 spiro atoms. The van der Waals surface area contributed by atoms with Crippen LogP contribution in [0.25, 0.3) is 0 Å². The molecular weight excluding hydrogens is 436 g/mol. The lowest BCUT2D eigenvalue weighted by molar-refractivity contribution is -0.140. The molecule has 0 radical (unpaired) electrons. The van der Waals surface area contributed by atoms with Crippen LogP contribution in [-0.4, -0.2) is 49.3 Å². The van der Waals surface area contributed by atoms with Gasteiger partial charge in [0.25, 0.3) is 0 Å². The summed E-state index contributed by atoms with van der Waals surface area (Å²) in [6, 6.07) is 16.9. The zero-order valence-corrected chi connectivity index (χ0v) is 20.3. The number of sulfonamides is 1. The molecule has 1 saturated heterocycles. The van der Waals surface area contributed by atoms with Gasteiger partial charge in [0.2, 0.25) is 15.9 Å². The van der Waals surface area contributed by atoms with E-state index in [1.807, 2.05) is 30.0 Å². The molecule has 2 aromatic rings. The Balaban J connectivity index is 1.41. The highest BCUT2D eigenvalue weighted by atomic mass is 32.2. The molecule has 2 aromatic carbocycles. The smallest absolute Gasteiger partial charge is 0.243 e. The Morgan fingerprint density at radius 3 is 2.24 bits per heavy atom. The Bertz CT molecular complexity index is 1030. The van der Waals surface area contributed by atoms with Gasteiger partial charge in [-0.2, -0.15) is 4.31 Å². The average molecular weight is 471 g/mol. The summed E-state index contributed by atoms with van der Waals surface area (Å²) >= 11 is 0. The van der Waals surface area contributed by atoms with Crippen molar-refractivity contribution < 1.29 is 17.9 Å². The van der Waals surface area contributed by atoms with Crippen molar-refractivity contribution in [3.8, 4) is 5.75 Å². The van der Waals surface area contributed by atoms with Crippen molar-refractivity contribution in [1.29, 1.82) is 0 Å². The van der Waals surface area contributed by atoms with E-state index in [4.69, 9.17) is 4.74 Å². The van der Waals surface area contributed by atoms with Crippen LogP contribution in [0.5, 0.6) is 5.75 Å². The molecule has 178 valence electrons. The van der Waals surface area contributed by atoms with Crippen molar-refractivity contribution in [3.05, 3.63) is 60.2 Å². The van der Waals surface area contributed by atoms with E-state index in [2.05, 4.69) is 19.1 Å². The fraction of sp³-hybridized carbons (Fsp3) is 0.500. The van der Waals surface area contributed by atoms with E-state index in [0.29, 0.717) is 50.8 Å². The van der Waals surface area contributed by atoms with Crippen LogP contribution in [-0.2, 0) is 21.4 Å². The summed E-state index contributed by atoms with van der Waals surface area (Å²) < 4.78 is 33.1. The van der Waals surface area contributed by atoms with Crippen molar-refractivity contribution in [3.63, 3.8) is 0 Å². The molecule has 2 aliphatic rings. The number of benzene rings is 2. The van der Waals surface area contributed by atoms with Crippen molar-refractivity contribution in [2.24, 2.45) is 11.8 Å². The molecule has 1 aliphatic heterocycles. The molecule has 1 saturated carbocycles. The molecule has 6 nitrogen and oxygen atoms in total. The van der Waals surface area contributed by atoms with E-state index < -0.39 is 10.0 Å². The highest BCUT2D eigenvalue weighted by molar-refractivity contribution is 7.89. The van der Waals surface area contributed by atoms with Crippen LogP contribution < -0.4 is 4.74 Å². The van der Waals surface area contributed by atoms with E-state index >= 15 is 0 Å². The molecule has 7 heteroatoms. The largest absolute Gasteiger partial charge is 0.494 e. The fourth-order valence-corrected chi connectivity index (χ4v) is 6.11. The highest BCUT2D eigenvalue weighted by Gasteiger charge is 2.38. The lowest BCUT2D eigenvalue weighted by Gasteiger charge is -2.36. The van der Waals surface area contributed by atoms with E-state index in [1.54, 1.807) is 24.3 Å². The van der Waals surface area contributed by atoms with Gasteiger partial charge >= 0.3 is 0 Å². The summed E-state index contributed by atoms with van der Waals surface area (Å²) in [6.45, 7) is 5.93. The Kier molecular flexibility index (Phi) is 7.39. The third kappa shape index (κ3) is 5.58. The standard InChI is InChI=1S/C26H34N2O4S/c1-3-32-24-11-13-25(14-12-24)33(30,31)27-17-15-23(16-18-27)26(29)28(20(2)22-9-10-22)19-21-7-5-4-6-8-21/h4-8,11-14,20,22-23H,3,9-10,15-19H2,1-2H3. The summed E-state index contributed by atoms with van der Waals surface area (Å²) in [5.74, 6) is 1.26. The van der Waals surface area contributed by atoms with Crippen LogP contribution in [0.1, 0.15) is 45.1 Å². The summed E-state index contributed by atoms with van der Waals surface area (Å²) in [6.07, 6.45) is 3.46. The maximum atomic E-state index is 13.5. The zero-order valence-electron chi connectivity index (χ0n) is 19.5. The molecule has 4 rings (SSSR count). The number of piperidine rings is 1. The fourth-order valence-electron chi connectivity index (χ4n) is 4.64. The summed E-state index contributed by atoms with van der Waals surface area (Å²) in [4.78, 5) is 15.8. The van der Waals surface area contributed by atoms with Crippen LogP contribution in [0, 0.1) is 11.8 Å². The molecule has 1 heterocycles. The molecule has 2 fully saturated rings. The molecule has 33 heavy (non-hydrogen) atoms. The van der Waals surface area contributed by atoms with Gasteiger partial charge in [0.1, 0.15) is 5.75 Å². The predicted molar refractivity (Wildman–Crippen MR) is 128 cm³/mol. The zero-order chi connectivity index (χ0) is 23.4. The van der Waals surface area contributed by atoms with Crippen LogP contribution in [0.4, 0.5) is 0 Å². The van der Waals surface area contributed by atoms with E-state index in [9.17, 15) is 13.2 Å². The first-order valence-corrected chi connectivity index (χ1v) is 13.4. The van der Waals surface area contributed by atoms with Crippen LogP contribution in [0.3, 0.4) is 0 Å². The minimum atomic E-state index is -3.58. The molecular formula is C26H34N2O4S. The molecule has 1 atom stereocenters. The second kappa shape index (κ2) is 10.3. The molecule has 0 N–H and O–H groups in total. The SMILES string of the molecule is CCOc1ccc(S(=O)(=O)N2CCC(C(=O)N(Cc3ccccc3)C(C)C3CC3)CC2)cc1. The van der Waals surface area contributed by atoms with E-state index in [1.165, 1.54) is 17.1 Å². The Morgan fingerprint density at radius 2 is 1.67 bits per heavy atom. The average Bonchev–Trinajstić information content (AvgIpc) is 3.69. The molecule has 1 aliphatic carbocycles. The van der Waals surface area contributed by atoms with Gasteiger partial charge in [-0.3, -0.25) is 4.79 Å². The lowest BCUT2D eigenvalue weighted by Crippen LogP contribution is -2.47. The maximum absolute atomic E-state index is 13.5. The van der Waals surface area contributed by atoms with Crippen molar-refractivity contribution in [1.82, 2.24) is 9.21 Å². The summed E-state index contributed by atoms with van der Waals surface area (Å²) in [5.41, 5.74) is 1.13.